The maximum atomic E-state index is 9.37. The molecule has 0 bridgehead atoms. The Morgan fingerprint density at radius 2 is 1.00 bits per heavy atom. The van der Waals surface area contributed by atoms with Crippen molar-refractivity contribution >= 4 is 17.9 Å². The van der Waals surface area contributed by atoms with Crippen LogP contribution in [0.25, 0.3) is 0 Å². The molecule has 0 spiro atoms. The number of hydrogen-bond donors (Lipinski definition) is 2. The van der Waals surface area contributed by atoms with Crippen molar-refractivity contribution in [2.45, 2.75) is 40.0 Å². The van der Waals surface area contributed by atoms with Gasteiger partial charge in [-0.15, -0.1) is 0 Å². The quantitative estimate of drug-likeness (QED) is 0.629. The van der Waals surface area contributed by atoms with Gasteiger partial charge in [0, 0.05) is 18.4 Å². The fraction of sp³-hybridized carbons (Fsp3) is 0.667. The first-order valence-corrected chi connectivity index (χ1v) is 4.43. The molecule has 7 nitrogen and oxygen atoms in total. The van der Waals surface area contributed by atoms with Crippen molar-refractivity contribution in [2.24, 2.45) is 0 Å². The smallest absolute Gasteiger partial charge is 0.550 e. The predicted molar refractivity (Wildman–Crippen MR) is 53.5 cm³/mol. The molecule has 4 N–H and O–H groups in total. The molecule has 1 radical (unpaired) electrons. The van der Waals surface area contributed by atoms with Crippen LogP contribution in [-0.2, 0) is 31.5 Å². The first-order valence-electron chi connectivity index (χ1n) is 4.43. The molecule has 107 valence electrons. The fourth-order valence-corrected chi connectivity index (χ4v) is 0. The van der Waals surface area contributed by atoms with Crippen molar-refractivity contribution in [1.29, 1.82) is 0 Å². The van der Waals surface area contributed by atoms with E-state index in [1.807, 2.05) is 0 Å². The molecule has 0 rings (SSSR count). The third-order valence-electron chi connectivity index (χ3n) is 0.880. The number of hydrogen-bond acceptors (Lipinski definition) is 6. The summed E-state index contributed by atoms with van der Waals surface area (Å²) in [5, 5.41) is 26.2. The summed E-state index contributed by atoms with van der Waals surface area (Å²) < 4.78 is 0. The van der Waals surface area contributed by atoms with Gasteiger partial charge in [-0.25, -0.2) is 0 Å². The fourth-order valence-electron chi connectivity index (χ4n) is 0. The monoisotopic (exact) mass is 300 g/mol. The summed E-state index contributed by atoms with van der Waals surface area (Å²) in [4.78, 5) is 27.9. The van der Waals surface area contributed by atoms with Gasteiger partial charge in [-0.1, -0.05) is 20.8 Å². The minimum absolute atomic E-state index is 0. The van der Waals surface area contributed by atoms with Gasteiger partial charge in [0.05, 0.1) is 0 Å². The molecule has 0 aliphatic rings. The van der Waals surface area contributed by atoms with E-state index in [9.17, 15) is 24.6 Å². The number of carboxylic acids is 3. The van der Waals surface area contributed by atoms with Crippen molar-refractivity contribution in [3.63, 3.8) is 0 Å². The van der Waals surface area contributed by atoms with Crippen LogP contribution in [0, 0.1) is 0 Å². The molecule has 0 saturated heterocycles. The summed E-state index contributed by atoms with van der Waals surface area (Å²) in [5.41, 5.74) is 0. The molecule has 0 heterocycles. The molecule has 0 aliphatic carbocycles. The molecular formula is C9H19CuNO6. The molecule has 8 heteroatoms. The molecule has 0 aliphatic heterocycles. The van der Waals surface area contributed by atoms with E-state index < -0.39 is 17.9 Å². The Morgan fingerprint density at radius 3 is 1.00 bits per heavy atom. The van der Waals surface area contributed by atoms with E-state index in [0.29, 0.717) is 0 Å². The Hall–Kier alpha value is -1.11. The molecule has 0 aromatic carbocycles. The largest absolute Gasteiger partial charge is 2.00 e. The van der Waals surface area contributed by atoms with Crippen LogP contribution in [0.4, 0.5) is 0 Å². The standard InChI is InChI=1S/3C3H6O2.Cu.H3N/c3*1-2-3(4)5;;/h3*2H2,1H3,(H,4,5);;1H3/q;;;+2;/p-2. The maximum absolute atomic E-state index is 9.37. The first kappa shape index (κ1) is 29.7. The zero-order chi connectivity index (χ0) is 12.9. The summed E-state index contributed by atoms with van der Waals surface area (Å²) in [6, 6.07) is 0. The van der Waals surface area contributed by atoms with Gasteiger partial charge in [0.1, 0.15) is 0 Å². The van der Waals surface area contributed by atoms with Crippen molar-refractivity contribution < 1.29 is 46.8 Å². The number of carbonyl (C=O) groups is 3. The van der Waals surface area contributed by atoms with Gasteiger partial charge in [-0.3, -0.25) is 4.79 Å². The SMILES string of the molecule is CCC(=O)O.CCC(=O)[O-].CCC(=O)[O-].N.[Cu+2]. The molecule has 0 aromatic rings. The first-order chi connectivity index (χ1) is 6.81. The molecular weight excluding hydrogens is 282 g/mol. The summed E-state index contributed by atoms with van der Waals surface area (Å²) in [6.45, 7) is 4.67. The summed E-state index contributed by atoms with van der Waals surface area (Å²) in [6.07, 6.45) is 0.444. The van der Waals surface area contributed by atoms with Gasteiger partial charge in [-0.05, 0) is 12.8 Å². The zero-order valence-electron chi connectivity index (χ0n) is 10.1. The minimum atomic E-state index is -0.995. The second-order valence-corrected chi connectivity index (χ2v) is 2.20. The number of rotatable bonds is 3. The van der Waals surface area contributed by atoms with E-state index in [2.05, 4.69) is 0 Å². The van der Waals surface area contributed by atoms with E-state index in [1.165, 1.54) is 13.8 Å². The van der Waals surface area contributed by atoms with E-state index in [0.717, 1.165) is 0 Å². The van der Waals surface area contributed by atoms with Crippen molar-refractivity contribution in [2.75, 3.05) is 0 Å². The third-order valence-corrected chi connectivity index (χ3v) is 0.880. The van der Waals surface area contributed by atoms with Gasteiger partial charge < -0.3 is 31.1 Å². The molecule has 0 atom stereocenters. The molecule has 0 amide bonds. The molecule has 0 fully saturated rings. The van der Waals surface area contributed by atoms with Crippen molar-refractivity contribution in [3.8, 4) is 0 Å². The Kier molecular flexibility index (Phi) is 42.3. The summed E-state index contributed by atoms with van der Waals surface area (Å²) in [5.74, 6) is -2.74. The van der Waals surface area contributed by atoms with Crippen LogP contribution < -0.4 is 16.4 Å². The molecule has 0 unspecified atom stereocenters. The van der Waals surface area contributed by atoms with Crippen molar-refractivity contribution in [1.82, 2.24) is 6.15 Å². The minimum Gasteiger partial charge on any atom is -0.550 e. The maximum Gasteiger partial charge on any atom is 2.00 e. The Labute approximate surface area is 111 Å². The van der Waals surface area contributed by atoms with E-state index >= 15 is 0 Å². The topological polar surface area (TPSA) is 153 Å². The van der Waals surface area contributed by atoms with E-state index in [1.54, 1.807) is 6.92 Å². The zero-order valence-corrected chi connectivity index (χ0v) is 11.1. The second-order valence-electron chi connectivity index (χ2n) is 2.20. The van der Waals surface area contributed by atoms with Gasteiger partial charge in [0.25, 0.3) is 0 Å². The van der Waals surface area contributed by atoms with E-state index in [-0.39, 0.29) is 42.5 Å². The predicted octanol–water partition coefficient (Wildman–Crippen LogP) is -1.07. The van der Waals surface area contributed by atoms with Crippen LogP contribution in [0.2, 0.25) is 0 Å². The molecule has 17 heavy (non-hydrogen) atoms. The molecule has 0 aromatic heterocycles. The van der Waals surface area contributed by atoms with Gasteiger partial charge in [-0.2, -0.15) is 0 Å². The van der Waals surface area contributed by atoms with E-state index in [4.69, 9.17) is 5.11 Å². The van der Waals surface area contributed by atoms with Crippen LogP contribution in [0.3, 0.4) is 0 Å². The Bertz CT molecular complexity index is 165. The number of carboxylic acid groups (broad SMARTS) is 3. The summed E-state index contributed by atoms with van der Waals surface area (Å²) in [7, 11) is 0. The average Bonchev–Trinajstić information content (AvgIpc) is 2.19. The van der Waals surface area contributed by atoms with Crippen molar-refractivity contribution in [3.05, 3.63) is 0 Å². The van der Waals surface area contributed by atoms with Crippen LogP contribution in [0.15, 0.2) is 0 Å². The van der Waals surface area contributed by atoms with Crippen LogP contribution in [0.5, 0.6) is 0 Å². The van der Waals surface area contributed by atoms with Gasteiger partial charge in [0.15, 0.2) is 0 Å². The molecule has 0 saturated carbocycles. The number of carbonyl (C=O) groups excluding carboxylic acids is 2. The van der Waals surface area contributed by atoms with Crippen LogP contribution in [0.1, 0.15) is 40.0 Å². The Balaban J connectivity index is -0.0000000400. The second kappa shape index (κ2) is 24.2. The summed E-state index contributed by atoms with van der Waals surface area (Å²) >= 11 is 0. The van der Waals surface area contributed by atoms with Gasteiger partial charge in [0.2, 0.25) is 0 Å². The van der Waals surface area contributed by atoms with Crippen LogP contribution >= 0.6 is 0 Å². The number of aliphatic carboxylic acids is 3. The normalized spacial score (nSPS) is 6.53. The Morgan fingerprint density at radius 1 is 0.882 bits per heavy atom. The van der Waals surface area contributed by atoms with Crippen LogP contribution in [-0.4, -0.2) is 23.0 Å². The average molecular weight is 301 g/mol. The van der Waals surface area contributed by atoms with Gasteiger partial charge >= 0.3 is 23.0 Å². The third kappa shape index (κ3) is 103.